The highest BCUT2D eigenvalue weighted by atomic mass is 16.5. The summed E-state index contributed by atoms with van der Waals surface area (Å²) in [6.45, 7) is 3.22. The van der Waals surface area contributed by atoms with Crippen LogP contribution in [0.2, 0.25) is 0 Å². The fourth-order valence-electron chi connectivity index (χ4n) is 2.70. The number of hydrogen-bond acceptors (Lipinski definition) is 3. The van der Waals surface area contributed by atoms with Gasteiger partial charge in [-0.3, -0.25) is 0 Å². The van der Waals surface area contributed by atoms with Crippen LogP contribution in [-0.4, -0.2) is 30.9 Å². The van der Waals surface area contributed by atoms with Crippen LogP contribution in [0.5, 0.6) is 11.5 Å². The number of urea groups is 1. The largest absolute Gasteiger partial charge is 0.494 e. The lowest BCUT2D eigenvalue weighted by molar-refractivity contribution is 0.224. The van der Waals surface area contributed by atoms with Crippen molar-refractivity contribution in [2.24, 2.45) is 0 Å². The molecule has 0 atom stereocenters. The normalized spacial score (nSPS) is 10.5. The summed E-state index contributed by atoms with van der Waals surface area (Å²) in [5.74, 6) is 1.47. The van der Waals surface area contributed by atoms with E-state index < -0.39 is 0 Å². The number of aromatic nitrogens is 1. The van der Waals surface area contributed by atoms with Crippen molar-refractivity contribution in [2.75, 3.05) is 19.9 Å². The predicted octanol–water partition coefficient (Wildman–Crippen LogP) is 3.44. The molecule has 6 heteroatoms. The molecule has 26 heavy (non-hydrogen) atoms. The van der Waals surface area contributed by atoms with E-state index in [1.165, 1.54) is 10.9 Å². The first-order chi connectivity index (χ1) is 12.8. The van der Waals surface area contributed by atoms with Crippen LogP contribution in [-0.2, 0) is 6.42 Å². The van der Waals surface area contributed by atoms with Crippen LogP contribution in [0, 0.1) is 0 Å². The highest BCUT2D eigenvalue weighted by Crippen LogP contribution is 2.18. The number of H-pyrrole nitrogens is 1. The number of carbonyl (C=O) groups excluding carboxylic acids is 1. The standard InChI is InChI=1S/C20H23N3O3/c1-2-25-16-7-9-17(10-8-16)26-14-23-20(24)21-12-11-15-13-22-19-6-4-3-5-18(15)19/h3-10,13,22H,2,11-12,14H2,1H3,(H2,21,23,24). The molecule has 0 saturated carbocycles. The van der Waals surface area contributed by atoms with Gasteiger partial charge in [0.1, 0.15) is 11.5 Å². The fourth-order valence-corrected chi connectivity index (χ4v) is 2.70. The van der Waals surface area contributed by atoms with Gasteiger partial charge in [0.25, 0.3) is 0 Å². The molecule has 0 aliphatic carbocycles. The molecule has 2 aromatic carbocycles. The topological polar surface area (TPSA) is 75.4 Å². The summed E-state index contributed by atoms with van der Waals surface area (Å²) >= 11 is 0. The molecule has 6 nitrogen and oxygen atoms in total. The van der Waals surface area contributed by atoms with Crippen molar-refractivity contribution < 1.29 is 14.3 Å². The van der Waals surface area contributed by atoms with E-state index in [2.05, 4.69) is 21.7 Å². The summed E-state index contributed by atoms with van der Waals surface area (Å²) in [7, 11) is 0. The molecule has 0 aliphatic heterocycles. The molecule has 0 radical (unpaired) electrons. The third kappa shape index (κ3) is 4.69. The van der Waals surface area contributed by atoms with E-state index in [1.807, 2.05) is 55.6 Å². The summed E-state index contributed by atoms with van der Waals surface area (Å²) in [4.78, 5) is 15.1. The molecule has 0 aliphatic rings. The second kappa shape index (κ2) is 8.80. The number of para-hydroxylation sites is 1. The molecule has 136 valence electrons. The zero-order chi connectivity index (χ0) is 18.2. The second-order valence-electron chi connectivity index (χ2n) is 5.74. The number of aromatic amines is 1. The first kappa shape index (κ1) is 17.7. The molecule has 0 bridgehead atoms. The van der Waals surface area contributed by atoms with Crippen molar-refractivity contribution in [1.29, 1.82) is 0 Å². The van der Waals surface area contributed by atoms with E-state index in [-0.39, 0.29) is 12.8 Å². The Morgan fingerprint density at radius 3 is 2.50 bits per heavy atom. The lowest BCUT2D eigenvalue weighted by atomic mass is 10.1. The Morgan fingerprint density at radius 1 is 1.00 bits per heavy atom. The number of ether oxygens (including phenoxy) is 2. The third-order valence-electron chi connectivity index (χ3n) is 3.96. The van der Waals surface area contributed by atoms with Gasteiger partial charge < -0.3 is 25.1 Å². The van der Waals surface area contributed by atoms with Crippen molar-refractivity contribution in [2.45, 2.75) is 13.3 Å². The van der Waals surface area contributed by atoms with E-state index >= 15 is 0 Å². The lowest BCUT2D eigenvalue weighted by Crippen LogP contribution is -2.38. The van der Waals surface area contributed by atoms with Crippen LogP contribution in [0.4, 0.5) is 4.79 Å². The average molecular weight is 353 g/mol. The molecular formula is C20H23N3O3. The van der Waals surface area contributed by atoms with Crippen molar-refractivity contribution in [1.82, 2.24) is 15.6 Å². The van der Waals surface area contributed by atoms with E-state index in [0.29, 0.717) is 18.9 Å². The lowest BCUT2D eigenvalue weighted by Gasteiger charge is -2.10. The Bertz CT molecular complexity index is 843. The molecule has 1 heterocycles. The van der Waals surface area contributed by atoms with Crippen LogP contribution in [0.15, 0.2) is 54.7 Å². The number of nitrogens with one attached hydrogen (secondary N) is 3. The van der Waals surface area contributed by atoms with Crippen molar-refractivity contribution in [3.8, 4) is 11.5 Å². The number of hydrogen-bond donors (Lipinski definition) is 3. The molecule has 3 rings (SSSR count). The zero-order valence-corrected chi connectivity index (χ0v) is 14.7. The van der Waals surface area contributed by atoms with Gasteiger partial charge >= 0.3 is 6.03 Å². The maximum Gasteiger partial charge on any atom is 0.317 e. The van der Waals surface area contributed by atoms with E-state index in [4.69, 9.17) is 9.47 Å². The summed E-state index contributed by atoms with van der Waals surface area (Å²) in [6, 6.07) is 15.2. The van der Waals surface area contributed by atoms with Gasteiger partial charge in [0.05, 0.1) is 6.61 Å². The van der Waals surface area contributed by atoms with E-state index in [9.17, 15) is 4.79 Å². The molecule has 2 amide bonds. The van der Waals surface area contributed by atoms with E-state index in [0.717, 1.165) is 17.7 Å². The Hall–Kier alpha value is -3.15. The van der Waals surface area contributed by atoms with Gasteiger partial charge in [-0.25, -0.2) is 4.79 Å². The number of carbonyl (C=O) groups is 1. The van der Waals surface area contributed by atoms with Gasteiger partial charge in [0.2, 0.25) is 0 Å². The highest BCUT2D eigenvalue weighted by Gasteiger charge is 2.04. The maximum atomic E-state index is 11.8. The highest BCUT2D eigenvalue weighted by molar-refractivity contribution is 5.83. The first-order valence-electron chi connectivity index (χ1n) is 8.68. The number of fused-ring (bicyclic) bond motifs is 1. The average Bonchev–Trinajstić information content (AvgIpc) is 3.07. The first-order valence-corrected chi connectivity index (χ1v) is 8.68. The van der Waals surface area contributed by atoms with Crippen LogP contribution in [0.25, 0.3) is 10.9 Å². The minimum absolute atomic E-state index is 0.104. The molecule has 0 spiro atoms. The van der Waals surface area contributed by atoms with Crippen molar-refractivity contribution in [3.05, 3.63) is 60.3 Å². The Balaban J connectivity index is 1.36. The summed E-state index contributed by atoms with van der Waals surface area (Å²) < 4.78 is 10.9. The zero-order valence-electron chi connectivity index (χ0n) is 14.7. The summed E-state index contributed by atoms with van der Waals surface area (Å²) in [5.41, 5.74) is 2.29. The van der Waals surface area contributed by atoms with Gasteiger partial charge in [-0.2, -0.15) is 0 Å². The molecule has 3 aromatic rings. The van der Waals surface area contributed by atoms with Gasteiger partial charge in [-0.15, -0.1) is 0 Å². The third-order valence-corrected chi connectivity index (χ3v) is 3.96. The smallest absolute Gasteiger partial charge is 0.317 e. The SMILES string of the molecule is CCOc1ccc(OCNC(=O)NCCc2c[nH]c3ccccc23)cc1. The number of benzene rings is 2. The number of rotatable bonds is 8. The van der Waals surface area contributed by atoms with Crippen LogP contribution >= 0.6 is 0 Å². The van der Waals surface area contributed by atoms with Gasteiger partial charge in [-0.05, 0) is 49.2 Å². The fraction of sp³-hybridized carbons (Fsp3) is 0.250. The van der Waals surface area contributed by atoms with Gasteiger partial charge in [-0.1, -0.05) is 18.2 Å². The minimum atomic E-state index is -0.254. The number of amides is 2. The molecular weight excluding hydrogens is 330 g/mol. The Morgan fingerprint density at radius 2 is 1.73 bits per heavy atom. The Kier molecular flexibility index (Phi) is 5.98. The second-order valence-corrected chi connectivity index (χ2v) is 5.74. The molecule has 1 aromatic heterocycles. The van der Waals surface area contributed by atoms with E-state index in [1.54, 1.807) is 0 Å². The maximum absolute atomic E-state index is 11.8. The molecule has 3 N–H and O–H groups in total. The molecule has 0 saturated heterocycles. The van der Waals surface area contributed by atoms with Crippen LogP contribution in [0.3, 0.4) is 0 Å². The van der Waals surface area contributed by atoms with Gasteiger partial charge in [0, 0.05) is 23.6 Å². The molecule has 0 fully saturated rings. The monoisotopic (exact) mass is 353 g/mol. The van der Waals surface area contributed by atoms with Crippen LogP contribution in [0.1, 0.15) is 12.5 Å². The van der Waals surface area contributed by atoms with Crippen molar-refractivity contribution >= 4 is 16.9 Å². The van der Waals surface area contributed by atoms with Crippen LogP contribution < -0.4 is 20.1 Å². The Labute approximate surface area is 152 Å². The summed E-state index contributed by atoms with van der Waals surface area (Å²) in [6.07, 6.45) is 2.75. The molecule has 0 unspecified atom stereocenters. The van der Waals surface area contributed by atoms with Gasteiger partial charge in [0.15, 0.2) is 6.73 Å². The van der Waals surface area contributed by atoms with Crippen molar-refractivity contribution in [3.63, 3.8) is 0 Å². The summed E-state index contributed by atoms with van der Waals surface area (Å²) in [5, 5.41) is 6.70. The predicted molar refractivity (Wildman–Crippen MR) is 102 cm³/mol. The quantitative estimate of drug-likeness (QED) is 0.543. The minimum Gasteiger partial charge on any atom is -0.494 e.